The summed E-state index contributed by atoms with van der Waals surface area (Å²) in [6.45, 7) is 4.51. The Bertz CT molecular complexity index is 528. The summed E-state index contributed by atoms with van der Waals surface area (Å²) in [6, 6.07) is 6.28. The molecule has 7 nitrogen and oxygen atoms in total. The molecule has 1 aromatic carbocycles. The van der Waals surface area contributed by atoms with Crippen LogP contribution >= 0.6 is 0 Å². The van der Waals surface area contributed by atoms with E-state index in [1.54, 1.807) is 45.2 Å². The van der Waals surface area contributed by atoms with Crippen LogP contribution in [0, 0.1) is 0 Å². The predicted octanol–water partition coefficient (Wildman–Crippen LogP) is 2.71. The van der Waals surface area contributed by atoms with Crippen molar-refractivity contribution in [3.05, 3.63) is 24.3 Å². The van der Waals surface area contributed by atoms with Crippen LogP contribution in [-0.4, -0.2) is 44.7 Å². The molecule has 0 aliphatic carbocycles. The van der Waals surface area contributed by atoms with Gasteiger partial charge in [-0.1, -0.05) is 0 Å². The summed E-state index contributed by atoms with van der Waals surface area (Å²) in [6.07, 6.45) is -0.291. The molecule has 1 atom stereocenters. The number of esters is 1. The van der Waals surface area contributed by atoms with Crippen LogP contribution in [0.2, 0.25) is 0 Å². The zero-order valence-corrected chi connectivity index (χ0v) is 13.7. The molecule has 0 amide bonds. The van der Waals surface area contributed by atoms with E-state index < -0.39 is 12.0 Å². The number of ketones is 1. The van der Waals surface area contributed by atoms with Crippen molar-refractivity contribution in [1.82, 2.24) is 0 Å². The summed E-state index contributed by atoms with van der Waals surface area (Å²) in [5.41, 5.74) is 0.597. The molecule has 7 heteroatoms. The summed E-state index contributed by atoms with van der Waals surface area (Å²) < 4.78 is 15.0. The zero-order chi connectivity index (χ0) is 17.1. The largest absolute Gasteiger partial charge is 0.491 e. The average Bonchev–Trinajstić information content (AvgIpc) is 2.54. The second-order valence-electron chi connectivity index (χ2n) is 4.67. The SMILES string of the molecule is CCOC(=O)CC(=O)C(C)/N=N/c1ccc(OCCOC)cc1. The number of hydrogen-bond donors (Lipinski definition) is 0. The fourth-order valence-corrected chi connectivity index (χ4v) is 1.57. The first-order chi connectivity index (χ1) is 11.1. The molecule has 0 aliphatic heterocycles. The van der Waals surface area contributed by atoms with Gasteiger partial charge in [-0.15, -0.1) is 0 Å². The number of azo groups is 1. The van der Waals surface area contributed by atoms with E-state index in [9.17, 15) is 9.59 Å². The quantitative estimate of drug-likeness (QED) is 0.286. The number of carbonyl (C=O) groups excluding carboxylic acids is 2. The molecule has 0 radical (unpaired) electrons. The highest BCUT2D eigenvalue weighted by Crippen LogP contribution is 2.19. The fraction of sp³-hybridized carbons (Fsp3) is 0.500. The first-order valence-electron chi connectivity index (χ1n) is 7.37. The molecule has 0 spiro atoms. The van der Waals surface area contributed by atoms with Crippen molar-refractivity contribution in [2.24, 2.45) is 10.2 Å². The van der Waals surface area contributed by atoms with Crippen LogP contribution in [0.5, 0.6) is 5.75 Å². The highest BCUT2D eigenvalue weighted by molar-refractivity contribution is 5.98. The van der Waals surface area contributed by atoms with Gasteiger partial charge >= 0.3 is 5.97 Å². The van der Waals surface area contributed by atoms with Gasteiger partial charge in [0.05, 0.1) is 18.9 Å². The molecule has 0 aromatic heterocycles. The summed E-state index contributed by atoms with van der Waals surface area (Å²) in [4.78, 5) is 23.0. The van der Waals surface area contributed by atoms with Gasteiger partial charge in [-0.05, 0) is 38.1 Å². The normalized spacial score (nSPS) is 12.1. The molecule has 0 heterocycles. The Kier molecular flexibility index (Phi) is 8.52. The molecule has 0 saturated heterocycles. The molecular weight excluding hydrogens is 300 g/mol. The standard InChI is InChI=1S/C16H22N2O5/c1-4-22-16(20)11-15(19)12(2)17-18-13-5-7-14(8-6-13)23-10-9-21-3/h5-8,12H,4,9-11H2,1-3H3/b18-17+. The number of Topliss-reactive ketones (excluding diaryl/α,β-unsaturated/α-hetero) is 1. The van der Waals surface area contributed by atoms with Crippen molar-refractivity contribution in [2.75, 3.05) is 26.9 Å². The molecule has 0 saturated carbocycles. The first kappa shape index (κ1) is 18.8. The van der Waals surface area contributed by atoms with Gasteiger partial charge < -0.3 is 14.2 Å². The molecule has 23 heavy (non-hydrogen) atoms. The van der Waals surface area contributed by atoms with Crippen LogP contribution in [0.15, 0.2) is 34.5 Å². The topological polar surface area (TPSA) is 86.6 Å². The van der Waals surface area contributed by atoms with E-state index in [1.807, 2.05) is 0 Å². The van der Waals surface area contributed by atoms with Gasteiger partial charge in [-0.2, -0.15) is 10.2 Å². The van der Waals surface area contributed by atoms with E-state index in [-0.39, 0.29) is 18.8 Å². The van der Waals surface area contributed by atoms with Gasteiger partial charge in [0.2, 0.25) is 0 Å². The number of carbonyl (C=O) groups is 2. The minimum Gasteiger partial charge on any atom is -0.491 e. The third-order valence-electron chi connectivity index (χ3n) is 2.83. The lowest BCUT2D eigenvalue weighted by atomic mass is 10.2. The van der Waals surface area contributed by atoms with Crippen molar-refractivity contribution < 1.29 is 23.8 Å². The molecule has 1 unspecified atom stereocenters. The lowest BCUT2D eigenvalue weighted by Crippen LogP contribution is -2.19. The number of nitrogens with zero attached hydrogens (tertiary/aromatic N) is 2. The Balaban J connectivity index is 2.49. The zero-order valence-electron chi connectivity index (χ0n) is 13.7. The first-order valence-corrected chi connectivity index (χ1v) is 7.37. The molecule has 0 bridgehead atoms. The third-order valence-corrected chi connectivity index (χ3v) is 2.83. The maximum absolute atomic E-state index is 11.8. The number of methoxy groups -OCH3 is 1. The highest BCUT2D eigenvalue weighted by Gasteiger charge is 2.16. The van der Waals surface area contributed by atoms with E-state index in [4.69, 9.17) is 14.2 Å². The molecule has 0 aliphatic rings. The lowest BCUT2D eigenvalue weighted by molar-refractivity contribution is -0.145. The van der Waals surface area contributed by atoms with Crippen LogP contribution in [0.3, 0.4) is 0 Å². The molecule has 1 aromatic rings. The second kappa shape index (κ2) is 10.4. The average molecular weight is 322 g/mol. The summed E-state index contributed by atoms with van der Waals surface area (Å²) in [5.74, 6) is -0.170. The van der Waals surface area contributed by atoms with Gasteiger partial charge in [-0.3, -0.25) is 9.59 Å². The molecule has 126 valence electrons. The minimum absolute atomic E-state index is 0.251. The van der Waals surface area contributed by atoms with E-state index in [1.165, 1.54) is 0 Å². The van der Waals surface area contributed by atoms with Gasteiger partial charge in [-0.25, -0.2) is 0 Å². The van der Waals surface area contributed by atoms with Crippen molar-refractivity contribution >= 4 is 17.4 Å². The van der Waals surface area contributed by atoms with Crippen LogP contribution in [0.25, 0.3) is 0 Å². The predicted molar refractivity (Wildman–Crippen MR) is 84.0 cm³/mol. The number of hydrogen-bond acceptors (Lipinski definition) is 7. The summed E-state index contributed by atoms with van der Waals surface area (Å²) in [7, 11) is 1.61. The Labute approximate surface area is 135 Å². The third kappa shape index (κ3) is 7.51. The Morgan fingerprint density at radius 3 is 2.48 bits per heavy atom. The van der Waals surface area contributed by atoms with Gasteiger partial charge in [0.1, 0.15) is 24.8 Å². The maximum Gasteiger partial charge on any atom is 0.313 e. The van der Waals surface area contributed by atoms with Gasteiger partial charge in [0, 0.05) is 7.11 Å². The number of ether oxygens (including phenoxy) is 3. The molecule has 1 rings (SSSR count). The maximum atomic E-state index is 11.8. The van der Waals surface area contributed by atoms with Crippen LogP contribution < -0.4 is 4.74 Å². The summed E-state index contributed by atoms with van der Waals surface area (Å²) >= 11 is 0. The Morgan fingerprint density at radius 2 is 1.87 bits per heavy atom. The summed E-state index contributed by atoms with van der Waals surface area (Å²) in [5, 5.41) is 7.91. The number of rotatable bonds is 10. The molecule has 0 fully saturated rings. The van der Waals surface area contributed by atoms with Crippen molar-refractivity contribution in [1.29, 1.82) is 0 Å². The highest BCUT2D eigenvalue weighted by atomic mass is 16.5. The minimum atomic E-state index is -0.697. The molecular formula is C16H22N2O5. The lowest BCUT2D eigenvalue weighted by Gasteiger charge is -2.05. The van der Waals surface area contributed by atoms with Crippen LogP contribution in [0.4, 0.5) is 5.69 Å². The molecule has 0 N–H and O–H groups in total. The second-order valence-corrected chi connectivity index (χ2v) is 4.67. The Hall–Kier alpha value is -2.28. The van der Waals surface area contributed by atoms with Crippen LogP contribution in [-0.2, 0) is 19.1 Å². The monoisotopic (exact) mass is 322 g/mol. The Morgan fingerprint density at radius 1 is 1.17 bits per heavy atom. The van der Waals surface area contributed by atoms with Crippen molar-refractivity contribution in [3.63, 3.8) is 0 Å². The van der Waals surface area contributed by atoms with Crippen molar-refractivity contribution in [2.45, 2.75) is 26.3 Å². The smallest absolute Gasteiger partial charge is 0.313 e. The van der Waals surface area contributed by atoms with E-state index in [2.05, 4.69) is 10.2 Å². The van der Waals surface area contributed by atoms with E-state index in [0.717, 1.165) is 0 Å². The van der Waals surface area contributed by atoms with Crippen molar-refractivity contribution in [3.8, 4) is 5.75 Å². The van der Waals surface area contributed by atoms with E-state index >= 15 is 0 Å². The number of benzene rings is 1. The fourth-order valence-electron chi connectivity index (χ4n) is 1.57. The van der Waals surface area contributed by atoms with Gasteiger partial charge in [0.25, 0.3) is 0 Å². The van der Waals surface area contributed by atoms with E-state index in [0.29, 0.717) is 24.7 Å². The van der Waals surface area contributed by atoms with Crippen LogP contribution in [0.1, 0.15) is 20.3 Å². The van der Waals surface area contributed by atoms with Gasteiger partial charge in [0.15, 0.2) is 5.78 Å².